The zero-order chi connectivity index (χ0) is 15.8. The highest BCUT2D eigenvalue weighted by Gasteiger charge is 2.28. The summed E-state index contributed by atoms with van der Waals surface area (Å²) in [5.74, 6) is 0. The summed E-state index contributed by atoms with van der Waals surface area (Å²) in [5.41, 5.74) is -1.86. The van der Waals surface area contributed by atoms with Gasteiger partial charge in [0.15, 0.2) is 0 Å². The largest absolute Gasteiger partial charge is 0.444 e. The normalized spacial score (nSPS) is 14.3. The maximum Gasteiger partial charge on any atom is 0.410 e. The van der Waals surface area contributed by atoms with Crippen LogP contribution < -0.4 is 11.2 Å². The molecule has 1 aliphatic heterocycles. The van der Waals surface area contributed by atoms with Crippen molar-refractivity contribution in [3.63, 3.8) is 0 Å². The number of carbonyl (C=O) groups is 1. The summed E-state index contributed by atoms with van der Waals surface area (Å²) in [4.78, 5) is 38.9. The van der Waals surface area contributed by atoms with Crippen LogP contribution >= 0.6 is 0 Å². The summed E-state index contributed by atoms with van der Waals surface area (Å²) >= 11 is 0. The van der Waals surface area contributed by atoms with E-state index < -0.39 is 22.9 Å². The summed E-state index contributed by atoms with van der Waals surface area (Å²) in [6.45, 7) is 5.73. The zero-order valence-corrected chi connectivity index (χ0v) is 12.1. The predicted octanol–water partition coefficient (Wildman–Crippen LogP) is 0.159. The monoisotopic (exact) mass is 292 g/mol. The molecule has 0 saturated carbocycles. The smallest absolute Gasteiger partial charge is 0.410 e. The van der Waals surface area contributed by atoms with Crippen molar-refractivity contribution in [1.82, 2.24) is 14.5 Å². The lowest BCUT2D eigenvalue weighted by molar-refractivity contribution is 0.0195. The van der Waals surface area contributed by atoms with Gasteiger partial charge in [0, 0.05) is 13.1 Å². The average molecular weight is 292 g/mol. The fourth-order valence-electron chi connectivity index (χ4n) is 2.09. The van der Waals surface area contributed by atoms with Gasteiger partial charge in [-0.25, -0.2) is 9.59 Å². The van der Waals surface area contributed by atoms with E-state index in [-0.39, 0.29) is 30.9 Å². The number of nitrogens with zero attached hydrogens (tertiary/aromatic N) is 3. The molecule has 0 bridgehead atoms. The van der Waals surface area contributed by atoms with Gasteiger partial charge in [0.05, 0.1) is 12.2 Å². The Morgan fingerprint density at radius 1 is 1.33 bits per heavy atom. The van der Waals surface area contributed by atoms with Crippen molar-refractivity contribution in [1.29, 1.82) is 5.26 Å². The molecule has 8 nitrogen and oxygen atoms in total. The summed E-state index contributed by atoms with van der Waals surface area (Å²) in [5, 5.41) is 9.06. The fourth-order valence-corrected chi connectivity index (χ4v) is 2.09. The van der Waals surface area contributed by atoms with Gasteiger partial charge in [0.1, 0.15) is 17.2 Å². The second-order valence-corrected chi connectivity index (χ2v) is 5.75. The first-order valence-electron chi connectivity index (χ1n) is 6.47. The van der Waals surface area contributed by atoms with Crippen LogP contribution in [0.4, 0.5) is 4.79 Å². The van der Waals surface area contributed by atoms with Gasteiger partial charge in [-0.2, -0.15) is 5.26 Å². The van der Waals surface area contributed by atoms with E-state index in [0.29, 0.717) is 0 Å². The van der Waals surface area contributed by atoms with Crippen molar-refractivity contribution >= 4 is 6.09 Å². The predicted molar refractivity (Wildman–Crippen MR) is 72.7 cm³/mol. The molecule has 1 aromatic heterocycles. The molecule has 2 rings (SSSR count). The Morgan fingerprint density at radius 2 is 2.00 bits per heavy atom. The van der Waals surface area contributed by atoms with E-state index >= 15 is 0 Å². The highest BCUT2D eigenvalue weighted by Crippen LogP contribution is 2.16. The van der Waals surface area contributed by atoms with Gasteiger partial charge in [-0.15, -0.1) is 0 Å². The Labute approximate surface area is 120 Å². The van der Waals surface area contributed by atoms with Crippen LogP contribution in [0.1, 0.15) is 32.0 Å². The minimum Gasteiger partial charge on any atom is -0.444 e. The Hall–Kier alpha value is -2.56. The van der Waals surface area contributed by atoms with Crippen LogP contribution in [0.5, 0.6) is 0 Å². The molecule has 21 heavy (non-hydrogen) atoms. The van der Waals surface area contributed by atoms with Crippen molar-refractivity contribution in [2.75, 3.05) is 6.54 Å². The van der Waals surface area contributed by atoms with Crippen molar-refractivity contribution in [3.8, 4) is 6.07 Å². The van der Waals surface area contributed by atoms with Gasteiger partial charge in [-0.3, -0.25) is 14.3 Å². The molecule has 1 amide bonds. The van der Waals surface area contributed by atoms with Crippen LogP contribution in [0.2, 0.25) is 0 Å². The molecule has 1 aliphatic rings. The molecular weight excluding hydrogens is 276 g/mol. The summed E-state index contributed by atoms with van der Waals surface area (Å²) in [6, 6.07) is 1.78. The third-order valence-electron chi connectivity index (χ3n) is 3.00. The number of H-pyrrole nitrogens is 1. The Balaban J connectivity index is 2.37. The Morgan fingerprint density at radius 3 is 2.57 bits per heavy atom. The highest BCUT2D eigenvalue weighted by molar-refractivity contribution is 5.68. The second-order valence-electron chi connectivity index (χ2n) is 5.75. The first-order valence-corrected chi connectivity index (χ1v) is 6.47. The number of hydrogen-bond donors (Lipinski definition) is 1. The van der Waals surface area contributed by atoms with Gasteiger partial charge in [0.2, 0.25) is 0 Å². The van der Waals surface area contributed by atoms with Crippen LogP contribution in [0.3, 0.4) is 0 Å². The minimum absolute atomic E-state index is 0.00301. The molecule has 8 heteroatoms. The summed E-state index contributed by atoms with van der Waals surface area (Å²) < 4.78 is 6.56. The number of aromatic nitrogens is 2. The topological polar surface area (TPSA) is 108 Å². The van der Waals surface area contributed by atoms with Gasteiger partial charge < -0.3 is 9.64 Å². The molecule has 0 aliphatic carbocycles. The average Bonchev–Trinajstić information content (AvgIpc) is 2.36. The molecule has 1 aromatic rings. The molecule has 0 spiro atoms. The standard InChI is InChI=1S/C13H16N4O4/c1-13(2,3)21-12(20)16-4-5-17-9(7-16)8(6-14)10(18)15-11(17)19/h4-5,7H2,1-3H3,(H,15,18,19). The molecule has 0 radical (unpaired) electrons. The van der Waals surface area contributed by atoms with Crippen LogP contribution in [0.15, 0.2) is 9.59 Å². The summed E-state index contributed by atoms with van der Waals surface area (Å²) in [6.07, 6.45) is -0.537. The van der Waals surface area contributed by atoms with Gasteiger partial charge in [-0.05, 0) is 20.8 Å². The minimum atomic E-state index is -0.736. The van der Waals surface area contributed by atoms with E-state index in [1.807, 2.05) is 0 Å². The number of fused-ring (bicyclic) bond motifs is 1. The SMILES string of the molecule is CC(C)(C)OC(=O)N1CCn2c(c(C#N)c(=O)[nH]c2=O)C1. The molecular formula is C13H16N4O4. The van der Waals surface area contributed by atoms with Crippen LogP contribution in [-0.4, -0.2) is 32.7 Å². The summed E-state index contributed by atoms with van der Waals surface area (Å²) in [7, 11) is 0. The first kappa shape index (κ1) is 14.8. The van der Waals surface area contributed by atoms with Crippen molar-refractivity contribution < 1.29 is 9.53 Å². The number of carbonyl (C=O) groups excluding carboxylic acids is 1. The first-order chi connectivity index (χ1) is 9.73. The maximum absolute atomic E-state index is 12.0. The molecule has 0 fully saturated rings. The number of amides is 1. The van der Waals surface area contributed by atoms with E-state index in [0.717, 1.165) is 0 Å². The third-order valence-corrected chi connectivity index (χ3v) is 3.00. The number of nitrogens with one attached hydrogen (secondary N) is 1. The van der Waals surface area contributed by atoms with Crippen LogP contribution in [0.25, 0.3) is 0 Å². The number of hydrogen-bond acceptors (Lipinski definition) is 5. The Bertz CT molecular complexity index is 732. The molecule has 2 heterocycles. The maximum atomic E-state index is 12.0. The quantitative estimate of drug-likeness (QED) is 0.732. The van der Waals surface area contributed by atoms with Gasteiger partial charge in [0.25, 0.3) is 5.56 Å². The van der Waals surface area contributed by atoms with Gasteiger partial charge in [-0.1, -0.05) is 0 Å². The van der Waals surface area contributed by atoms with Crippen LogP contribution in [0, 0.1) is 11.3 Å². The lowest BCUT2D eigenvalue weighted by Gasteiger charge is -2.31. The highest BCUT2D eigenvalue weighted by atomic mass is 16.6. The van der Waals surface area contributed by atoms with E-state index in [1.165, 1.54) is 9.47 Å². The lowest BCUT2D eigenvalue weighted by atomic mass is 10.2. The Kier molecular flexibility index (Phi) is 3.60. The molecule has 0 saturated heterocycles. The molecule has 0 atom stereocenters. The van der Waals surface area contributed by atoms with E-state index in [1.54, 1.807) is 26.8 Å². The molecule has 112 valence electrons. The molecule has 1 N–H and O–H groups in total. The number of aromatic amines is 1. The fraction of sp³-hybridized carbons (Fsp3) is 0.538. The second kappa shape index (κ2) is 5.09. The van der Waals surface area contributed by atoms with E-state index in [4.69, 9.17) is 10.00 Å². The molecule has 0 aromatic carbocycles. The van der Waals surface area contributed by atoms with E-state index in [2.05, 4.69) is 4.98 Å². The van der Waals surface area contributed by atoms with Crippen LogP contribution in [-0.2, 0) is 17.8 Å². The third kappa shape index (κ3) is 2.97. The van der Waals surface area contributed by atoms with Crippen molar-refractivity contribution in [3.05, 3.63) is 32.1 Å². The molecule has 0 unspecified atom stereocenters. The van der Waals surface area contributed by atoms with Gasteiger partial charge >= 0.3 is 11.8 Å². The van der Waals surface area contributed by atoms with E-state index in [9.17, 15) is 14.4 Å². The zero-order valence-electron chi connectivity index (χ0n) is 12.1. The number of rotatable bonds is 0. The number of nitriles is 1. The number of ether oxygens (including phenoxy) is 1. The van der Waals surface area contributed by atoms with Crippen molar-refractivity contribution in [2.45, 2.75) is 39.5 Å². The lowest BCUT2D eigenvalue weighted by Crippen LogP contribution is -2.47. The van der Waals surface area contributed by atoms with Crippen molar-refractivity contribution in [2.24, 2.45) is 0 Å².